The summed E-state index contributed by atoms with van der Waals surface area (Å²) >= 11 is 0. The molecule has 1 rings (SSSR count). The van der Waals surface area contributed by atoms with Crippen molar-refractivity contribution in [2.75, 3.05) is 6.61 Å². The fourth-order valence-electron chi connectivity index (χ4n) is 0.569. The Kier molecular flexibility index (Phi) is 2.65. The first-order valence-corrected chi connectivity index (χ1v) is 5.48. The maximum absolute atomic E-state index is 5.06. The number of epoxide rings is 1. The van der Waals surface area contributed by atoms with Crippen LogP contribution in [-0.2, 0) is 4.74 Å². The molecule has 4 heteroatoms. The first kappa shape index (κ1) is 6.89. The van der Waals surface area contributed by atoms with E-state index in [1.165, 1.54) is 0 Å². The maximum Gasteiger partial charge on any atom is 0.0962 e. The lowest BCUT2D eigenvalue weighted by molar-refractivity contribution is 0.374. The largest absolute Gasteiger partial charge is 0.371 e. The Morgan fingerprint density at radius 3 is 3.00 bits per heavy atom. The fraction of sp³-hybridized carbons (Fsp3) is 1.00. The zero-order chi connectivity index (χ0) is 5.98. The second-order valence-corrected chi connectivity index (χ2v) is 3.39. The molecule has 1 heterocycles. The molecule has 1 fully saturated rings. The summed E-state index contributed by atoms with van der Waals surface area (Å²) in [5.74, 6) is 0. The normalized spacial score (nSPS) is 31.5. The molecule has 1 saturated heterocycles. The molecule has 0 aromatic carbocycles. The Labute approximate surface area is 53.7 Å². The van der Waals surface area contributed by atoms with Crippen molar-refractivity contribution < 1.29 is 4.74 Å². The van der Waals surface area contributed by atoms with Gasteiger partial charge in [-0.2, -0.15) is 0 Å². The van der Waals surface area contributed by atoms with Gasteiger partial charge in [0.2, 0.25) is 0 Å². The third-order valence-electron chi connectivity index (χ3n) is 1.23. The average molecular weight is 151 g/mol. The van der Waals surface area contributed by atoms with Gasteiger partial charge in [0.1, 0.15) is 0 Å². The van der Waals surface area contributed by atoms with Gasteiger partial charge < -0.3 is 4.74 Å². The van der Waals surface area contributed by atoms with E-state index in [9.17, 15) is 0 Å². The second-order valence-electron chi connectivity index (χ2n) is 1.95. The Bertz CT molecular complexity index is 76.4. The number of hydrogen-bond acceptors (Lipinski definition) is 2. The van der Waals surface area contributed by atoms with E-state index in [0.29, 0.717) is 12.1 Å². The van der Waals surface area contributed by atoms with Crippen LogP contribution in [0, 0.1) is 0 Å². The Hall–Kier alpha value is 0.780. The van der Waals surface area contributed by atoms with E-state index in [2.05, 4.69) is 20.9 Å². The van der Waals surface area contributed by atoms with Crippen LogP contribution in [0.15, 0.2) is 0 Å². The van der Waals surface area contributed by atoms with Crippen molar-refractivity contribution >= 4 is 17.3 Å². The van der Waals surface area contributed by atoms with Gasteiger partial charge in [0, 0.05) is 6.04 Å². The topological polar surface area (TPSA) is 24.6 Å². The van der Waals surface area contributed by atoms with Gasteiger partial charge in [0.05, 0.1) is 12.7 Å². The van der Waals surface area contributed by atoms with Crippen LogP contribution in [0.3, 0.4) is 0 Å². The monoisotopic (exact) mass is 151 g/mol. The van der Waals surface area contributed by atoms with Crippen molar-refractivity contribution in [3.63, 3.8) is 0 Å². The fourth-order valence-corrected chi connectivity index (χ4v) is 1.81. The van der Waals surface area contributed by atoms with Crippen LogP contribution >= 0.6 is 17.3 Å². The van der Waals surface area contributed by atoms with Crippen LogP contribution in [0.1, 0.15) is 6.92 Å². The highest BCUT2D eigenvalue weighted by Crippen LogP contribution is 2.21. The molecule has 4 unspecified atom stereocenters. The highest BCUT2D eigenvalue weighted by molar-refractivity contribution is 8.01. The van der Waals surface area contributed by atoms with Crippen LogP contribution in [0.4, 0.5) is 0 Å². The molecule has 4 atom stereocenters. The molecule has 0 aromatic heterocycles. The molecule has 1 aliphatic rings. The van der Waals surface area contributed by atoms with E-state index in [0.717, 1.165) is 15.0 Å². The molecule has 0 spiro atoms. The lowest BCUT2D eigenvalue weighted by Gasteiger charge is -2.06. The van der Waals surface area contributed by atoms with Gasteiger partial charge in [0.25, 0.3) is 0 Å². The summed E-state index contributed by atoms with van der Waals surface area (Å²) in [4.78, 5) is 0. The van der Waals surface area contributed by atoms with Crippen LogP contribution < -0.4 is 5.09 Å². The molecule has 0 radical (unpaired) electrons. The Morgan fingerprint density at radius 1 is 2.00 bits per heavy atom. The van der Waals surface area contributed by atoms with Crippen molar-refractivity contribution in [1.29, 1.82) is 0 Å². The zero-order valence-corrected chi connectivity index (χ0v) is 7.00. The van der Waals surface area contributed by atoms with Crippen LogP contribution in [-0.4, -0.2) is 18.8 Å². The summed E-state index contributed by atoms with van der Waals surface area (Å²) < 4.78 is 5.06. The number of nitrogens with one attached hydrogen (secondary N) is 1. The van der Waals surface area contributed by atoms with E-state index in [4.69, 9.17) is 4.74 Å². The van der Waals surface area contributed by atoms with Gasteiger partial charge in [0.15, 0.2) is 0 Å². The summed E-state index contributed by atoms with van der Waals surface area (Å²) in [5, 5.41) is 3.27. The summed E-state index contributed by atoms with van der Waals surface area (Å²) in [6, 6.07) is 0.547. The van der Waals surface area contributed by atoms with E-state index >= 15 is 0 Å². The minimum Gasteiger partial charge on any atom is -0.371 e. The highest BCUT2D eigenvalue weighted by Gasteiger charge is 2.28. The van der Waals surface area contributed by atoms with E-state index in [1.807, 2.05) is 0 Å². The third kappa shape index (κ3) is 1.95. The van der Waals surface area contributed by atoms with Gasteiger partial charge in [-0.25, -0.2) is 0 Å². The molecule has 0 amide bonds. The van der Waals surface area contributed by atoms with Crippen molar-refractivity contribution in [3.8, 4) is 0 Å². The quantitative estimate of drug-likeness (QED) is 0.475. The molecule has 0 saturated carbocycles. The molecule has 0 aromatic rings. The summed E-state index contributed by atoms with van der Waals surface area (Å²) in [5.41, 5.74) is 0. The lowest BCUT2D eigenvalue weighted by atomic mass is 10.3. The van der Waals surface area contributed by atoms with Gasteiger partial charge in [-0.05, 0) is 15.3 Å². The summed E-state index contributed by atoms with van der Waals surface area (Å²) in [6.45, 7) is 3.10. The first-order chi connectivity index (χ1) is 3.84. The van der Waals surface area contributed by atoms with E-state index in [-0.39, 0.29) is 0 Å². The van der Waals surface area contributed by atoms with Gasteiger partial charge in [-0.3, -0.25) is 5.09 Å². The van der Waals surface area contributed by atoms with E-state index in [1.54, 1.807) is 0 Å². The molecular weight excluding hydrogens is 140 g/mol. The molecule has 0 bridgehead atoms. The van der Waals surface area contributed by atoms with Crippen LogP contribution in [0.5, 0.6) is 0 Å². The van der Waals surface area contributed by atoms with Gasteiger partial charge in [-0.15, -0.1) is 0 Å². The van der Waals surface area contributed by atoms with E-state index < -0.39 is 0 Å². The molecule has 48 valence electrons. The van der Waals surface area contributed by atoms with Crippen molar-refractivity contribution in [2.24, 2.45) is 0 Å². The summed E-state index contributed by atoms with van der Waals surface area (Å²) in [7, 11) is 3.42. The number of ether oxygens (including phenoxy) is 1. The molecule has 2 nitrogen and oxygen atoms in total. The minimum atomic E-state index is 0.503. The third-order valence-corrected chi connectivity index (χ3v) is 2.35. The number of rotatable bonds is 3. The highest BCUT2D eigenvalue weighted by atomic mass is 32.0. The van der Waals surface area contributed by atoms with Crippen molar-refractivity contribution in [1.82, 2.24) is 5.09 Å². The van der Waals surface area contributed by atoms with Gasteiger partial charge in [-0.1, -0.05) is 8.93 Å². The first-order valence-electron chi connectivity index (χ1n) is 2.67. The van der Waals surface area contributed by atoms with Gasteiger partial charge >= 0.3 is 0 Å². The lowest BCUT2D eigenvalue weighted by Crippen LogP contribution is -2.22. The predicted octanol–water partition coefficient (Wildman–Crippen LogP) is 0.747. The Morgan fingerprint density at radius 2 is 2.62 bits per heavy atom. The second kappa shape index (κ2) is 3.08. The molecule has 8 heavy (non-hydrogen) atoms. The van der Waals surface area contributed by atoms with Crippen molar-refractivity contribution in [2.45, 2.75) is 19.1 Å². The minimum absolute atomic E-state index is 0.503. The van der Waals surface area contributed by atoms with Crippen LogP contribution in [0.2, 0.25) is 0 Å². The predicted molar refractivity (Wildman–Crippen MR) is 40.4 cm³/mol. The smallest absolute Gasteiger partial charge is 0.0962 e. The molecule has 1 aliphatic heterocycles. The summed E-state index contributed by atoms with van der Waals surface area (Å²) in [6.07, 6.45) is 0.503. The molecular formula is C4H11NOP2. The Balaban J connectivity index is 2.03. The molecule has 1 N–H and O–H groups in total. The zero-order valence-electron chi connectivity index (χ0n) is 4.85. The SMILES string of the molecule is CC(NPP)C1CO1. The maximum atomic E-state index is 5.06. The average Bonchev–Trinajstić information content (AvgIpc) is 2.45. The molecule has 0 aliphatic carbocycles. The van der Waals surface area contributed by atoms with Crippen LogP contribution in [0.25, 0.3) is 0 Å². The number of hydrogen-bond donors (Lipinski definition) is 1. The van der Waals surface area contributed by atoms with Crippen molar-refractivity contribution in [3.05, 3.63) is 0 Å². The standard InChI is InChI=1S/C4H11NOP2/c1-3(5-8-7)4-2-6-4/h3-5,8H,2,7H2,1H3.